The topological polar surface area (TPSA) is 45.2 Å². The zero-order valence-electron chi connectivity index (χ0n) is 15.5. The van der Waals surface area contributed by atoms with Crippen molar-refractivity contribution in [1.29, 1.82) is 0 Å². The van der Waals surface area contributed by atoms with Crippen molar-refractivity contribution in [2.24, 2.45) is 5.92 Å². The first-order valence-corrected chi connectivity index (χ1v) is 9.15. The largest absolute Gasteiger partial charge is 0.363 e. The molecule has 0 saturated heterocycles. The van der Waals surface area contributed by atoms with Crippen molar-refractivity contribution in [2.45, 2.75) is 52.6 Å². The van der Waals surface area contributed by atoms with Crippen LogP contribution in [-0.2, 0) is 4.79 Å². The van der Waals surface area contributed by atoms with E-state index in [0.29, 0.717) is 5.92 Å². The first kappa shape index (κ1) is 17.5. The molecule has 1 aliphatic heterocycles. The number of pyridine rings is 1. The molecule has 2 heterocycles. The molecule has 0 spiro atoms. The summed E-state index contributed by atoms with van der Waals surface area (Å²) in [6.07, 6.45) is 1.94. The van der Waals surface area contributed by atoms with E-state index in [2.05, 4.69) is 42.3 Å². The minimum atomic E-state index is 0.116. The van der Waals surface area contributed by atoms with Gasteiger partial charge < -0.3 is 10.2 Å². The van der Waals surface area contributed by atoms with Gasteiger partial charge in [0.25, 0.3) is 0 Å². The Morgan fingerprint density at radius 2 is 1.88 bits per heavy atom. The third kappa shape index (κ3) is 3.26. The van der Waals surface area contributed by atoms with Crippen LogP contribution in [-0.4, -0.2) is 16.9 Å². The van der Waals surface area contributed by atoms with E-state index in [1.54, 1.807) is 6.92 Å². The van der Waals surface area contributed by atoms with Crippen LogP contribution in [0.3, 0.4) is 0 Å². The zero-order valence-corrected chi connectivity index (χ0v) is 15.5. The van der Waals surface area contributed by atoms with E-state index in [1.807, 2.05) is 36.1 Å². The van der Waals surface area contributed by atoms with Crippen molar-refractivity contribution in [2.75, 3.05) is 10.2 Å². The fraction of sp³-hybridized carbons (Fsp3) is 0.429. The van der Waals surface area contributed by atoms with Gasteiger partial charge in [0.15, 0.2) is 0 Å². The molecule has 0 radical (unpaired) electrons. The van der Waals surface area contributed by atoms with Crippen LogP contribution >= 0.6 is 0 Å². The van der Waals surface area contributed by atoms with Crippen LogP contribution in [0.2, 0.25) is 0 Å². The molecule has 0 bridgehead atoms. The number of nitrogens with one attached hydrogen (secondary N) is 1. The maximum Gasteiger partial charge on any atom is 0.224 e. The van der Waals surface area contributed by atoms with E-state index in [4.69, 9.17) is 0 Å². The van der Waals surface area contributed by atoms with Crippen LogP contribution in [0.15, 0.2) is 42.5 Å². The number of aromatic nitrogens is 1. The molecule has 25 heavy (non-hydrogen) atoms. The number of hydrogen-bond donors (Lipinski definition) is 1. The van der Waals surface area contributed by atoms with Crippen LogP contribution in [0.4, 0.5) is 11.5 Å². The number of fused-ring (bicyclic) bond motifs is 1. The average molecular weight is 337 g/mol. The Morgan fingerprint density at radius 3 is 2.52 bits per heavy atom. The number of rotatable bonds is 4. The van der Waals surface area contributed by atoms with Gasteiger partial charge in [-0.25, -0.2) is 4.98 Å². The summed E-state index contributed by atoms with van der Waals surface area (Å²) in [7, 11) is 0. The van der Waals surface area contributed by atoms with E-state index in [1.165, 1.54) is 5.56 Å². The molecule has 1 N–H and O–H groups in total. The highest BCUT2D eigenvalue weighted by Gasteiger charge is 2.40. The molecular formula is C21H27N3O. The van der Waals surface area contributed by atoms with Crippen LogP contribution < -0.4 is 10.2 Å². The van der Waals surface area contributed by atoms with E-state index >= 15 is 0 Å². The molecule has 1 aromatic carbocycles. The van der Waals surface area contributed by atoms with Crippen molar-refractivity contribution < 1.29 is 4.79 Å². The fourth-order valence-electron chi connectivity index (χ4n) is 4.16. The van der Waals surface area contributed by atoms with Crippen molar-refractivity contribution in [3.8, 4) is 0 Å². The second-order valence-corrected chi connectivity index (χ2v) is 6.78. The molecule has 1 aliphatic rings. The van der Waals surface area contributed by atoms with E-state index in [0.717, 1.165) is 30.0 Å². The van der Waals surface area contributed by atoms with Gasteiger partial charge >= 0.3 is 0 Å². The standard InChI is InChI=1S/C21H27N3O/c1-5-16-18(6-2)24(15(4)25)19-12-8-7-11-17(19)21(16)23-20-13-9-10-14(3)22-20/h7-13,16,18,21H,5-6H2,1-4H3,(H,22,23)/t16-,18-,21?/m0/s1. The van der Waals surface area contributed by atoms with Crippen LogP contribution in [0, 0.1) is 12.8 Å². The van der Waals surface area contributed by atoms with Gasteiger partial charge in [0.05, 0.1) is 6.04 Å². The fourth-order valence-corrected chi connectivity index (χ4v) is 4.16. The monoisotopic (exact) mass is 337 g/mol. The number of anilines is 2. The van der Waals surface area contributed by atoms with E-state index < -0.39 is 0 Å². The quantitative estimate of drug-likeness (QED) is 0.878. The molecule has 4 heteroatoms. The molecular weight excluding hydrogens is 310 g/mol. The molecule has 4 nitrogen and oxygen atoms in total. The molecule has 0 saturated carbocycles. The van der Waals surface area contributed by atoms with Gasteiger partial charge in [0, 0.05) is 30.3 Å². The average Bonchev–Trinajstić information content (AvgIpc) is 2.60. The van der Waals surface area contributed by atoms with Crippen molar-refractivity contribution in [3.63, 3.8) is 0 Å². The summed E-state index contributed by atoms with van der Waals surface area (Å²) in [5, 5.41) is 3.65. The van der Waals surface area contributed by atoms with Gasteiger partial charge in [-0.3, -0.25) is 4.79 Å². The lowest BCUT2D eigenvalue weighted by atomic mass is 9.78. The second-order valence-electron chi connectivity index (χ2n) is 6.78. The Balaban J connectivity index is 2.08. The maximum absolute atomic E-state index is 12.4. The highest BCUT2D eigenvalue weighted by atomic mass is 16.2. The molecule has 132 valence electrons. The maximum atomic E-state index is 12.4. The Labute approximate surface area is 150 Å². The number of carbonyl (C=O) groups is 1. The molecule has 1 unspecified atom stereocenters. The van der Waals surface area contributed by atoms with Crippen LogP contribution in [0.5, 0.6) is 0 Å². The van der Waals surface area contributed by atoms with Crippen molar-refractivity contribution >= 4 is 17.4 Å². The highest BCUT2D eigenvalue weighted by molar-refractivity contribution is 5.94. The highest BCUT2D eigenvalue weighted by Crippen LogP contribution is 2.44. The lowest BCUT2D eigenvalue weighted by Crippen LogP contribution is -2.50. The number of benzene rings is 1. The Bertz CT molecular complexity index is 758. The number of carbonyl (C=O) groups excluding carboxylic acids is 1. The van der Waals surface area contributed by atoms with Gasteiger partial charge in [-0.1, -0.05) is 38.1 Å². The number of para-hydroxylation sites is 1. The lowest BCUT2D eigenvalue weighted by molar-refractivity contribution is -0.117. The number of nitrogens with zero attached hydrogens (tertiary/aromatic N) is 2. The predicted molar refractivity (Wildman–Crippen MR) is 103 cm³/mol. The van der Waals surface area contributed by atoms with Gasteiger partial charge in [-0.2, -0.15) is 0 Å². The molecule has 1 amide bonds. The number of aryl methyl sites for hydroxylation is 1. The summed E-state index contributed by atoms with van der Waals surface area (Å²) in [4.78, 5) is 19.0. The first-order valence-electron chi connectivity index (χ1n) is 9.15. The molecule has 3 rings (SSSR count). The zero-order chi connectivity index (χ0) is 18.0. The van der Waals surface area contributed by atoms with Gasteiger partial charge in [-0.15, -0.1) is 0 Å². The molecule has 2 aromatic rings. The lowest BCUT2D eigenvalue weighted by Gasteiger charge is -2.46. The number of hydrogen-bond acceptors (Lipinski definition) is 3. The molecule has 1 aromatic heterocycles. The van der Waals surface area contributed by atoms with Gasteiger partial charge in [0.1, 0.15) is 5.82 Å². The Kier molecular flexibility index (Phi) is 5.07. The summed E-state index contributed by atoms with van der Waals surface area (Å²) < 4.78 is 0. The Hall–Kier alpha value is -2.36. The SMILES string of the molecule is CC[C@@H]1C(Nc2cccc(C)n2)c2ccccc2N(C(C)=O)[C@H]1CC. The normalized spacial score (nSPS) is 22.4. The minimum absolute atomic E-state index is 0.116. The van der Waals surface area contributed by atoms with Crippen LogP contribution in [0.25, 0.3) is 0 Å². The van der Waals surface area contributed by atoms with Crippen molar-refractivity contribution in [3.05, 3.63) is 53.7 Å². The summed E-state index contributed by atoms with van der Waals surface area (Å²) in [6.45, 7) is 8.04. The first-order chi connectivity index (χ1) is 12.1. The molecule has 3 atom stereocenters. The predicted octanol–water partition coefficient (Wildman–Crippen LogP) is 4.71. The van der Waals surface area contributed by atoms with Gasteiger partial charge in [0.2, 0.25) is 5.91 Å². The Morgan fingerprint density at radius 1 is 1.12 bits per heavy atom. The summed E-state index contributed by atoms with van der Waals surface area (Å²) in [6, 6.07) is 14.6. The third-order valence-corrected chi connectivity index (χ3v) is 5.21. The van der Waals surface area contributed by atoms with Crippen molar-refractivity contribution in [1.82, 2.24) is 4.98 Å². The van der Waals surface area contributed by atoms with Gasteiger partial charge in [-0.05, 0) is 43.5 Å². The second kappa shape index (κ2) is 7.26. The molecule has 0 aliphatic carbocycles. The summed E-state index contributed by atoms with van der Waals surface area (Å²) in [5.41, 5.74) is 3.20. The smallest absolute Gasteiger partial charge is 0.224 e. The number of amides is 1. The summed E-state index contributed by atoms with van der Waals surface area (Å²) >= 11 is 0. The van der Waals surface area contributed by atoms with Crippen LogP contribution in [0.1, 0.15) is 50.9 Å². The van der Waals surface area contributed by atoms with E-state index in [-0.39, 0.29) is 18.0 Å². The van der Waals surface area contributed by atoms with E-state index in [9.17, 15) is 4.79 Å². The minimum Gasteiger partial charge on any atom is -0.363 e. The molecule has 0 fully saturated rings. The summed E-state index contributed by atoms with van der Waals surface area (Å²) in [5.74, 6) is 1.35. The third-order valence-electron chi connectivity index (χ3n) is 5.21.